The summed E-state index contributed by atoms with van der Waals surface area (Å²) in [7, 11) is 0. The third-order valence-corrected chi connectivity index (χ3v) is 2.68. The van der Waals surface area contributed by atoms with E-state index in [1.807, 2.05) is 6.92 Å². The normalized spacial score (nSPS) is 11.0. The Balaban J connectivity index is 0.00000225. The van der Waals surface area contributed by atoms with Crippen molar-refractivity contribution >= 4 is 41.3 Å². The highest BCUT2D eigenvalue weighted by molar-refractivity contribution is 14.0. The molecule has 6 heteroatoms. The minimum atomic E-state index is 0. The van der Waals surface area contributed by atoms with Crippen LogP contribution in [0.2, 0.25) is 0 Å². The molecule has 92 valence electrons. The summed E-state index contributed by atoms with van der Waals surface area (Å²) < 4.78 is 0. The summed E-state index contributed by atoms with van der Waals surface area (Å²) in [5.74, 6) is 0.531. The molecule has 0 saturated heterocycles. The van der Waals surface area contributed by atoms with E-state index < -0.39 is 0 Å². The van der Waals surface area contributed by atoms with Gasteiger partial charge in [-0.15, -0.1) is 35.3 Å². The number of nitrogens with zero attached hydrogens (tertiary/aromatic N) is 2. The van der Waals surface area contributed by atoms with E-state index in [9.17, 15) is 0 Å². The maximum Gasteiger partial charge on any atom is 0.188 e. The first-order valence-corrected chi connectivity index (χ1v) is 6.05. The van der Waals surface area contributed by atoms with Crippen LogP contribution in [0.3, 0.4) is 0 Å². The zero-order valence-electron chi connectivity index (χ0n) is 9.69. The molecule has 0 aliphatic carbocycles. The number of aromatic nitrogens is 1. The third kappa shape index (κ3) is 6.26. The third-order valence-electron chi connectivity index (χ3n) is 1.86. The number of aryl methyl sites for hydroxylation is 1. The molecule has 0 amide bonds. The maximum atomic E-state index is 5.65. The number of thiazole rings is 1. The van der Waals surface area contributed by atoms with E-state index in [1.54, 1.807) is 11.3 Å². The van der Waals surface area contributed by atoms with Gasteiger partial charge in [0.2, 0.25) is 0 Å². The summed E-state index contributed by atoms with van der Waals surface area (Å²) in [5.41, 5.74) is 6.77. The van der Waals surface area contributed by atoms with Crippen LogP contribution in [0.1, 0.15) is 24.0 Å². The average molecular weight is 354 g/mol. The molecule has 0 bridgehead atoms. The fourth-order valence-electron chi connectivity index (χ4n) is 1.13. The van der Waals surface area contributed by atoms with Crippen LogP contribution in [0.25, 0.3) is 0 Å². The molecule has 1 rings (SSSR count). The quantitative estimate of drug-likeness (QED) is 0.483. The van der Waals surface area contributed by atoms with Gasteiger partial charge < -0.3 is 11.1 Å². The summed E-state index contributed by atoms with van der Waals surface area (Å²) >= 11 is 1.68. The topological polar surface area (TPSA) is 63.3 Å². The molecule has 16 heavy (non-hydrogen) atoms. The molecule has 4 nitrogen and oxygen atoms in total. The molecule has 1 aromatic heterocycles. The predicted octanol–water partition coefficient (Wildman–Crippen LogP) is 1.93. The monoisotopic (exact) mass is 354 g/mol. The van der Waals surface area contributed by atoms with Crippen molar-refractivity contribution in [1.82, 2.24) is 10.3 Å². The second-order valence-corrected chi connectivity index (χ2v) is 4.36. The molecule has 1 aromatic rings. The first kappa shape index (κ1) is 15.6. The van der Waals surface area contributed by atoms with Crippen LogP contribution in [0.4, 0.5) is 0 Å². The van der Waals surface area contributed by atoms with E-state index in [1.165, 1.54) is 0 Å². The molecule has 0 fully saturated rings. The van der Waals surface area contributed by atoms with Crippen molar-refractivity contribution in [3.63, 3.8) is 0 Å². The van der Waals surface area contributed by atoms with Gasteiger partial charge in [-0.1, -0.05) is 6.92 Å². The van der Waals surface area contributed by atoms with Crippen molar-refractivity contribution in [3.05, 3.63) is 16.1 Å². The molecule has 0 saturated carbocycles. The molecule has 0 aromatic carbocycles. The molecule has 0 atom stereocenters. The lowest BCUT2D eigenvalue weighted by molar-refractivity contribution is 0.825. The Morgan fingerprint density at radius 1 is 1.62 bits per heavy atom. The van der Waals surface area contributed by atoms with E-state index in [4.69, 9.17) is 5.73 Å². The standard InChI is InChI=1S/C10H18N4S.HI/c1-3-5-12-10(11)13-6-4-9-7-15-8(2)14-9;/h7H,3-6H2,1-2H3,(H3,11,12,13);1H. The van der Waals surface area contributed by atoms with Gasteiger partial charge in [0.05, 0.1) is 10.7 Å². The SMILES string of the molecule is CCCN=C(N)NCCc1csc(C)n1.I. The summed E-state index contributed by atoms with van der Waals surface area (Å²) in [6.07, 6.45) is 1.92. The van der Waals surface area contributed by atoms with Gasteiger partial charge in [-0.05, 0) is 13.3 Å². The molecule has 0 aliphatic rings. The molecule has 0 radical (unpaired) electrons. The summed E-state index contributed by atoms with van der Waals surface area (Å²) in [4.78, 5) is 8.51. The lowest BCUT2D eigenvalue weighted by Crippen LogP contribution is -2.33. The Morgan fingerprint density at radius 2 is 2.38 bits per heavy atom. The van der Waals surface area contributed by atoms with Crippen LogP contribution in [0.15, 0.2) is 10.4 Å². The fourth-order valence-corrected chi connectivity index (χ4v) is 1.78. The minimum absolute atomic E-state index is 0. The zero-order valence-corrected chi connectivity index (χ0v) is 12.8. The summed E-state index contributed by atoms with van der Waals surface area (Å²) in [6, 6.07) is 0. The smallest absolute Gasteiger partial charge is 0.188 e. The Morgan fingerprint density at radius 3 is 2.94 bits per heavy atom. The molecule has 0 unspecified atom stereocenters. The van der Waals surface area contributed by atoms with E-state index in [-0.39, 0.29) is 24.0 Å². The van der Waals surface area contributed by atoms with Gasteiger partial charge in [0.1, 0.15) is 0 Å². The van der Waals surface area contributed by atoms with Gasteiger partial charge in [-0.2, -0.15) is 0 Å². The predicted molar refractivity (Wildman–Crippen MR) is 80.8 cm³/mol. The second kappa shape index (κ2) is 8.74. The van der Waals surface area contributed by atoms with Crippen LogP contribution in [0.5, 0.6) is 0 Å². The number of rotatable bonds is 5. The Kier molecular flexibility index (Phi) is 8.54. The van der Waals surface area contributed by atoms with Crippen molar-refractivity contribution in [2.45, 2.75) is 26.7 Å². The van der Waals surface area contributed by atoms with Gasteiger partial charge in [0.25, 0.3) is 0 Å². The van der Waals surface area contributed by atoms with Crippen LogP contribution in [-0.2, 0) is 6.42 Å². The van der Waals surface area contributed by atoms with Crippen molar-refractivity contribution in [2.75, 3.05) is 13.1 Å². The second-order valence-electron chi connectivity index (χ2n) is 3.30. The highest BCUT2D eigenvalue weighted by atomic mass is 127. The van der Waals surface area contributed by atoms with Crippen molar-refractivity contribution < 1.29 is 0 Å². The molecule has 0 aliphatic heterocycles. The van der Waals surface area contributed by atoms with E-state index in [0.717, 1.165) is 36.6 Å². The van der Waals surface area contributed by atoms with Gasteiger partial charge in [0.15, 0.2) is 5.96 Å². The van der Waals surface area contributed by atoms with Gasteiger partial charge in [-0.3, -0.25) is 4.99 Å². The number of halogens is 1. The highest BCUT2D eigenvalue weighted by Gasteiger charge is 1.97. The van der Waals surface area contributed by atoms with Crippen LogP contribution in [0, 0.1) is 6.92 Å². The molecule has 3 N–H and O–H groups in total. The Bertz CT molecular complexity index is 324. The Hall–Kier alpha value is -0.370. The zero-order chi connectivity index (χ0) is 11.1. The summed E-state index contributed by atoms with van der Waals surface area (Å²) in [6.45, 7) is 5.67. The summed E-state index contributed by atoms with van der Waals surface area (Å²) in [5, 5.41) is 6.26. The van der Waals surface area contributed by atoms with Gasteiger partial charge in [-0.25, -0.2) is 4.98 Å². The number of aliphatic imine (C=N–C) groups is 1. The number of guanidine groups is 1. The minimum Gasteiger partial charge on any atom is -0.370 e. The lowest BCUT2D eigenvalue weighted by Gasteiger charge is -2.03. The Labute approximate surface area is 118 Å². The van der Waals surface area contributed by atoms with Gasteiger partial charge >= 0.3 is 0 Å². The average Bonchev–Trinajstić information content (AvgIpc) is 2.61. The number of hydrogen-bond acceptors (Lipinski definition) is 3. The van der Waals surface area contributed by atoms with E-state index in [2.05, 4.69) is 27.6 Å². The van der Waals surface area contributed by atoms with Gasteiger partial charge in [0, 0.05) is 24.9 Å². The van der Waals surface area contributed by atoms with E-state index in [0.29, 0.717) is 5.96 Å². The largest absolute Gasteiger partial charge is 0.370 e. The van der Waals surface area contributed by atoms with Crippen molar-refractivity contribution in [1.29, 1.82) is 0 Å². The fraction of sp³-hybridized carbons (Fsp3) is 0.600. The van der Waals surface area contributed by atoms with Crippen molar-refractivity contribution in [3.8, 4) is 0 Å². The van der Waals surface area contributed by atoms with Crippen LogP contribution in [-0.4, -0.2) is 24.0 Å². The van der Waals surface area contributed by atoms with E-state index >= 15 is 0 Å². The highest BCUT2D eigenvalue weighted by Crippen LogP contribution is 2.07. The lowest BCUT2D eigenvalue weighted by atomic mass is 10.3. The first-order chi connectivity index (χ1) is 7.22. The molecular weight excluding hydrogens is 335 g/mol. The number of hydrogen-bond donors (Lipinski definition) is 2. The van der Waals surface area contributed by atoms with Crippen LogP contribution < -0.4 is 11.1 Å². The molecule has 0 spiro atoms. The first-order valence-electron chi connectivity index (χ1n) is 5.17. The molecule has 1 heterocycles. The molecular formula is C10H19IN4S. The number of nitrogens with two attached hydrogens (primary N) is 1. The van der Waals surface area contributed by atoms with Crippen molar-refractivity contribution in [2.24, 2.45) is 10.7 Å². The number of nitrogens with one attached hydrogen (secondary N) is 1. The van der Waals surface area contributed by atoms with Crippen LogP contribution >= 0.6 is 35.3 Å². The maximum absolute atomic E-state index is 5.65.